The van der Waals surface area contributed by atoms with Crippen LogP contribution in [0.25, 0.3) is 0 Å². The number of ether oxygens (including phenoxy) is 2. The third kappa shape index (κ3) is 5.78. The average Bonchev–Trinajstić information content (AvgIpc) is 2.73. The van der Waals surface area contributed by atoms with Crippen molar-refractivity contribution in [2.75, 3.05) is 7.11 Å². The Kier molecular flexibility index (Phi) is 6.79. The molecule has 150 valence electrons. The Bertz CT molecular complexity index is 974. The van der Waals surface area contributed by atoms with Crippen molar-refractivity contribution < 1.29 is 19.4 Å². The fourth-order valence-corrected chi connectivity index (χ4v) is 3.05. The van der Waals surface area contributed by atoms with Gasteiger partial charge in [0.25, 0.3) is 0 Å². The standard InChI is InChI=1S/C23H24N2O4/c1-16-13-18(23(26)27)14-19(24-16)9-6-10-20-21(11-12-22(25-20)28-2)29-15-17-7-4-3-5-8-17/h3-5,7-8,11-14H,6,9-10,15H2,1-2H3,(H,26,27). The van der Waals surface area contributed by atoms with E-state index >= 15 is 0 Å². The lowest BCUT2D eigenvalue weighted by Gasteiger charge is -2.12. The number of nitrogens with zero attached hydrogens (tertiary/aromatic N) is 2. The minimum absolute atomic E-state index is 0.263. The molecule has 0 atom stereocenters. The van der Waals surface area contributed by atoms with Gasteiger partial charge >= 0.3 is 5.97 Å². The second kappa shape index (κ2) is 9.68. The molecule has 6 nitrogen and oxygen atoms in total. The highest BCUT2D eigenvalue weighted by Crippen LogP contribution is 2.23. The van der Waals surface area contributed by atoms with Gasteiger partial charge in [-0.1, -0.05) is 30.3 Å². The van der Waals surface area contributed by atoms with Crippen LogP contribution in [-0.2, 0) is 19.4 Å². The number of hydrogen-bond donors (Lipinski definition) is 1. The molecule has 0 spiro atoms. The monoisotopic (exact) mass is 392 g/mol. The molecule has 0 aliphatic rings. The van der Waals surface area contributed by atoms with Gasteiger partial charge < -0.3 is 14.6 Å². The number of aromatic nitrogens is 2. The molecule has 0 saturated carbocycles. The molecule has 2 heterocycles. The third-order valence-electron chi connectivity index (χ3n) is 4.45. The van der Waals surface area contributed by atoms with E-state index in [4.69, 9.17) is 9.47 Å². The zero-order valence-corrected chi connectivity index (χ0v) is 16.6. The number of carbonyl (C=O) groups is 1. The van der Waals surface area contributed by atoms with E-state index in [1.165, 1.54) is 0 Å². The van der Waals surface area contributed by atoms with Gasteiger partial charge in [-0.15, -0.1) is 0 Å². The van der Waals surface area contributed by atoms with Crippen molar-refractivity contribution in [3.05, 3.63) is 82.8 Å². The molecule has 6 heteroatoms. The number of pyridine rings is 2. The lowest BCUT2D eigenvalue weighted by molar-refractivity contribution is 0.0696. The number of hydrogen-bond acceptors (Lipinski definition) is 5. The SMILES string of the molecule is COc1ccc(OCc2ccccc2)c(CCCc2cc(C(=O)O)cc(C)n2)n1. The van der Waals surface area contributed by atoms with Crippen LogP contribution in [0.3, 0.4) is 0 Å². The summed E-state index contributed by atoms with van der Waals surface area (Å²) in [6.07, 6.45) is 2.08. The number of carboxylic acids is 1. The summed E-state index contributed by atoms with van der Waals surface area (Å²) in [5.41, 5.74) is 3.62. The van der Waals surface area contributed by atoms with Gasteiger partial charge in [-0.05, 0) is 49.9 Å². The first-order valence-corrected chi connectivity index (χ1v) is 9.46. The highest BCUT2D eigenvalue weighted by Gasteiger charge is 2.10. The van der Waals surface area contributed by atoms with Crippen LogP contribution in [0.2, 0.25) is 0 Å². The molecule has 0 fully saturated rings. The van der Waals surface area contributed by atoms with Gasteiger partial charge in [0.1, 0.15) is 12.4 Å². The van der Waals surface area contributed by atoms with E-state index in [0.29, 0.717) is 31.0 Å². The molecule has 0 amide bonds. The van der Waals surface area contributed by atoms with Crippen molar-refractivity contribution in [2.24, 2.45) is 0 Å². The Morgan fingerprint density at radius 1 is 1.03 bits per heavy atom. The number of carboxylic acid groups (broad SMARTS) is 1. The first kappa shape index (κ1) is 20.3. The van der Waals surface area contributed by atoms with Crippen LogP contribution in [-0.4, -0.2) is 28.2 Å². The lowest BCUT2D eigenvalue weighted by Crippen LogP contribution is -2.04. The molecule has 3 rings (SSSR count). The fraction of sp³-hybridized carbons (Fsp3) is 0.261. The predicted octanol–water partition coefficient (Wildman–Crippen LogP) is 4.25. The van der Waals surface area contributed by atoms with Crippen LogP contribution in [0, 0.1) is 6.92 Å². The van der Waals surface area contributed by atoms with E-state index in [9.17, 15) is 9.90 Å². The van der Waals surface area contributed by atoms with Crippen LogP contribution >= 0.6 is 0 Å². The van der Waals surface area contributed by atoms with Crippen LogP contribution in [0.1, 0.15) is 39.4 Å². The summed E-state index contributed by atoms with van der Waals surface area (Å²) >= 11 is 0. The largest absolute Gasteiger partial charge is 0.487 e. The molecular formula is C23H24N2O4. The molecule has 0 saturated heterocycles. The quantitative estimate of drug-likeness (QED) is 0.586. The van der Waals surface area contributed by atoms with Gasteiger partial charge in [0.05, 0.1) is 18.4 Å². The smallest absolute Gasteiger partial charge is 0.335 e. The molecule has 2 aromatic heterocycles. The van der Waals surface area contributed by atoms with Crippen molar-refractivity contribution in [2.45, 2.75) is 32.8 Å². The molecule has 1 aromatic carbocycles. The Morgan fingerprint density at radius 3 is 2.55 bits per heavy atom. The normalized spacial score (nSPS) is 10.6. The maximum atomic E-state index is 11.2. The van der Waals surface area contributed by atoms with Crippen molar-refractivity contribution >= 4 is 5.97 Å². The van der Waals surface area contributed by atoms with Gasteiger partial charge in [-0.2, -0.15) is 0 Å². The third-order valence-corrected chi connectivity index (χ3v) is 4.45. The van der Waals surface area contributed by atoms with E-state index in [1.54, 1.807) is 32.2 Å². The Morgan fingerprint density at radius 2 is 1.83 bits per heavy atom. The van der Waals surface area contributed by atoms with Crippen LogP contribution < -0.4 is 9.47 Å². The summed E-state index contributed by atoms with van der Waals surface area (Å²) in [5.74, 6) is 0.315. The van der Waals surface area contributed by atoms with E-state index in [2.05, 4.69) is 9.97 Å². The summed E-state index contributed by atoms with van der Waals surface area (Å²) in [6.45, 7) is 2.26. The Hall–Kier alpha value is -3.41. The summed E-state index contributed by atoms with van der Waals surface area (Å²) < 4.78 is 11.2. The second-order valence-electron chi connectivity index (χ2n) is 6.72. The number of benzene rings is 1. The van der Waals surface area contributed by atoms with E-state index in [1.807, 2.05) is 36.4 Å². The molecule has 0 bridgehead atoms. The van der Waals surface area contributed by atoms with E-state index in [-0.39, 0.29) is 5.56 Å². The van der Waals surface area contributed by atoms with Crippen LogP contribution in [0.15, 0.2) is 54.6 Å². The first-order valence-electron chi connectivity index (χ1n) is 9.46. The summed E-state index contributed by atoms with van der Waals surface area (Å²) in [5, 5.41) is 9.22. The molecular weight excluding hydrogens is 368 g/mol. The number of methoxy groups -OCH3 is 1. The van der Waals surface area contributed by atoms with Gasteiger partial charge in [0.15, 0.2) is 0 Å². The zero-order valence-electron chi connectivity index (χ0n) is 16.6. The molecule has 0 radical (unpaired) electrons. The lowest BCUT2D eigenvalue weighted by atomic mass is 10.1. The predicted molar refractivity (Wildman–Crippen MR) is 110 cm³/mol. The van der Waals surface area contributed by atoms with Crippen LogP contribution in [0.4, 0.5) is 0 Å². The molecule has 0 aliphatic heterocycles. The first-order chi connectivity index (χ1) is 14.0. The van der Waals surface area contributed by atoms with Crippen LogP contribution in [0.5, 0.6) is 11.6 Å². The van der Waals surface area contributed by atoms with Gasteiger partial charge in [-0.25, -0.2) is 9.78 Å². The van der Waals surface area contributed by atoms with E-state index in [0.717, 1.165) is 29.1 Å². The van der Waals surface area contributed by atoms with Gasteiger partial charge in [0, 0.05) is 17.5 Å². The molecule has 3 aromatic rings. The fourth-order valence-electron chi connectivity index (χ4n) is 3.05. The minimum atomic E-state index is -0.942. The summed E-state index contributed by atoms with van der Waals surface area (Å²) in [4.78, 5) is 20.2. The maximum absolute atomic E-state index is 11.2. The van der Waals surface area contributed by atoms with Crippen molar-refractivity contribution in [3.63, 3.8) is 0 Å². The number of aryl methyl sites for hydroxylation is 3. The second-order valence-corrected chi connectivity index (χ2v) is 6.72. The van der Waals surface area contributed by atoms with Gasteiger partial charge in [0.2, 0.25) is 5.88 Å². The van der Waals surface area contributed by atoms with Crippen molar-refractivity contribution in [3.8, 4) is 11.6 Å². The highest BCUT2D eigenvalue weighted by molar-refractivity contribution is 5.87. The average molecular weight is 392 g/mol. The highest BCUT2D eigenvalue weighted by atomic mass is 16.5. The van der Waals surface area contributed by atoms with Gasteiger partial charge in [-0.3, -0.25) is 4.98 Å². The number of rotatable bonds is 9. The molecule has 1 N–H and O–H groups in total. The van der Waals surface area contributed by atoms with Crippen molar-refractivity contribution in [1.82, 2.24) is 9.97 Å². The molecule has 0 unspecified atom stereocenters. The molecule has 29 heavy (non-hydrogen) atoms. The van der Waals surface area contributed by atoms with E-state index < -0.39 is 5.97 Å². The maximum Gasteiger partial charge on any atom is 0.335 e. The topological polar surface area (TPSA) is 81.5 Å². The summed E-state index contributed by atoms with van der Waals surface area (Å²) in [6, 6.07) is 16.8. The number of aromatic carboxylic acids is 1. The Labute approximate surface area is 170 Å². The Balaban J connectivity index is 1.68. The molecule has 0 aliphatic carbocycles. The summed E-state index contributed by atoms with van der Waals surface area (Å²) in [7, 11) is 1.58. The van der Waals surface area contributed by atoms with Crippen molar-refractivity contribution in [1.29, 1.82) is 0 Å². The minimum Gasteiger partial charge on any atom is -0.487 e. The zero-order chi connectivity index (χ0) is 20.6.